The van der Waals surface area contributed by atoms with Crippen LogP contribution in [0.1, 0.15) is 23.0 Å². The van der Waals surface area contributed by atoms with Crippen LogP contribution in [0.25, 0.3) is 0 Å². The molecule has 0 fully saturated rings. The zero-order valence-corrected chi connectivity index (χ0v) is 10.8. The minimum Gasteiger partial charge on any atom is -0.469 e. The minimum atomic E-state index is -0.636. The van der Waals surface area contributed by atoms with Gasteiger partial charge in [0.15, 0.2) is 0 Å². The third kappa shape index (κ3) is 2.83. The second kappa shape index (κ2) is 5.13. The van der Waals surface area contributed by atoms with Gasteiger partial charge in [-0.05, 0) is 24.6 Å². The van der Waals surface area contributed by atoms with Gasteiger partial charge >= 0.3 is 0 Å². The van der Waals surface area contributed by atoms with E-state index in [0.29, 0.717) is 16.5 Å². The van der Waals surface area contributed by atoms with Gasteiger partial charge in [-0.2, -0.15) is 0 Å². The van der Waals surface area contributed by atoms with Gasteiger partial charge in [0.25, 0.3) is 0 Å². The number of benzene rings is 1. The van der Waals surface area contributed by atoms with E-state index in [4.69, 9.17) is 27.6 Å². The van der Waals surface area contributed by atoms with Crippen molar-refractivity contribution in [2.24, 2.45) is 0 Å². The number of aryl methyl sites for hydroxylation is 1. The number of rotatable bonds is 3. The maximum atomic E-state index is 10.0. The summed E-state index contributed by atoms with van der Waals surface area (Å²) in [5, 5.41) is 11.0. The molecule has 1 unspecified atom stereocenters. The van der Waals surface area contributed by atoms with Gasteiger partial charge < -0.3 is 9.52 Å². The van der Waals surface area contributed by atoms with Crippen LogP contribution in [0.15, 0.2) is 34.9 Å². The molecule has 4 heteroatoms. The summed E-state index contributed by atoms with van der Waals surface area (Å²) in [6, 6.07) is 7.20. The average molecular weight is 271 g/mol. The van der Waals surface area contributed by atoms with Gasteiger partial charge in [0.1, 0.15) is 5.76 Å². The smallest absolute Gasteiger partial charge is 0.101 e. The Morgan fingerprint density at radius 1 is 1.35 bits per heavy atom. The summed E-state index contributed by atoms with van der Waals surface area (Å²) in [7, 11) is 0. The molecule has 2 aromatic rings. The van der Waals surface area contributed by atoms with Crippen LogP contribution in [0, 0.1) is 6.92 Å². The third-order valence-corrected chi connectivity index (χ3v) is 3.44. The molecule has 0 radical (unpaired) electrons. The molecule has 2 nitrogen and oxygen atoms in total. The van der Waals surface area contributed by atoms with Crippen LogP contribution >= 0.6 is 23.2 Å². The highest BCUT2D eigenvalue weighted by molar-refractivity contribution is 6.42. The molecule has 1 N–H and O–H groups in total. The lowest BCUT2D eigenvalue weighted by Gasteiger charge is -2.10. The van der Waals surface area contributed by atoms with Crippen LogP contribution in [-0.4, -0.2) is 5.11 Å². The molecule has 17 heavy (non-hydrogen) atoms. The SMILES string of the molecule is Cc1cc(C(O)Cc2cccc(Cl)c2Cl)co1. The summed E-state index contributed by atoms with van der Waals surface area (Å²) in [5.74, 6) is 0.774. The molecule has 1 atom stereocenters. The fourth-order valence-electron chi connectivity index (χ4n) is 1.67. The summed E-state index contributed by atoms with van der Waals surface area (Å²) < 4.78 is 5.16. The molecule has 1 aromatic carbocycles. The van der Waals surface area contributed by atoms with Crippen molar-refractivity contribution >= 4 is 23.2 Å². The molecule has 0 amide bonds. The Morgan fingerprint density at radius 3 is 2.76 bits per heavy atom. The van der Waals surface area contributed by atoms with Gasteiger partial charge in [0, 0.05) is 12.0 Å². The summed E-state index contributed by atoms with van der Waals surface area (Å²) in [4.78, 5) is 0. The van der Waals surface area contributed by atoms with E-state index in [1.807, 2.05) is 25.1 Å². The number of halogens is 2. The van der Waals surface area contributed by atoms with Crippen LogP contribution in [-0.2, 0) is 6.42 Å². The van der Waals surface area contributed by atoms with Crippen molar-refractivity contribution in [3.63, 3.8) is 0 Å². The fourth-order valence-corrected chi connectivity index (χ4v) is 2.07. The van der Waals surface area contributed by atoms with Gasteiger partial charge in [-0.3, -0.25) is 0 Å². The first-order valence-electron chi connectivity index (χ1n) is 5.24. The number of hydrogen-bond donors (Lipinski definition) is 1. The lowest BCUT2D eigenvalue weighted by Crippen LogP contribution is -2.01. The van der Waals surface area contributed by atoms with Crippen LogP contribution in [0.3, 0.4) is 0 Å². The molecular weight excluding hydrogens is 259 g/mol. The first-order valence-corrected chi connectivity index (χ1v) is 5.99. The second-order valence-corrected chi connectivity index (χ2v) is 4.71. The third-order valence-electron chi connectivity index (χ3n) is 2.58. The van der Waals surface area contributed by atoms with E-state index in [0.717, 1.165) is 16.9 Å². The lowest BCUT2D eigenvalue weighted by atomic mass is 10.0. The summed E-state index contributed by atoms with van der Waals surface area (Å²) >= 11 is 12.0. The van der Waals surface area contributed by atoms with Crippen molar-refractivity contribution in [2.75, 3.05) is 0 Å². The normalized spacial score (nSPS) is 12.7. The topological polar surface area (TPSA) is 33.4 Å². The highest BCUT2D eigenvalue weighted by Gasteiger charge is 2.14. The first-order chi connectivity index (χ1) is 8.08. The van der Waals surface area contributed by atoms with Crippen molar-refractivity contribution in [1.29, 1.82) is 0 Å². The van der Waals surface area contributed by atoms with E-state index in [9.17, 15) is 5.11 Å². The van der Waals surface area contributed by atoms with E-state index in [2.05, 4.69) is 0 Å². The van der Waals surface area contributed by atoms with Gasteiger partial charge in [0.05, 0.1) is 22.4 Å². The molecule has 90 valence electrons. The molecule has 0 saturated carbocycles. The second-order valence-electron chi connectivity index (χ2n) is 3.92. The van der Waals surface area contributed by atoms with Crippen LogP contribution < -0.4 is 0 Å². The monoisotopic (exact) mass is 270 g/mol. The van der Waals surface area contributed by atoms with Gasteiger partial charge in [0.2, 0.25) is 0 Å². The minimum absolute atomic E-state index is 0.415. The van der Waals surface area contributed by atoms with Gasteiger partial charge in [-0.1, -0.05) is 35.3 Å². The summed E-state index contributed by atoms with van der Waals surface area (Å²) in [5.41, 5.74) is 1.57. The van der Waals surface area contributed by atoms with Crippen LogP contribution in [0.2, 0.25) is 10.0 Å². The highest BCUT2D eigenvalue weighted by Crippen LogP contribution is 2.29. The van der Waals surface area contributed by atoms with E-state index >= 15 is 0 Å². The molecule has 0 aliphatic carbocycles. The molecule has 1 heterocycles. The Balaban J connectivity index is 2.18. The lowest BCUT2D eigenvalue weighted by molar-refractivity contribution is 0.177. The van der Waals surface area contributed by atoms with E-state index in [-0.39, 0.29) is 0 Å². The molecule has 1 aromatic heterocycles. The van der Waals surface area contributed by atoms with E-state index < -0.39 is 6.10 Å². The van der Waals surface area contributed by atoms with Gasteiger partial charge in [-0.25, -0.2) is 0 Å². The predicted octanol–water partition coefficient (Wildman–Crippen LogP) is 4.17. The Bertz CT molecular complexity index is 520. The predicted molar refractivity (Wildman–Crippen MR) is 68.6 cm³/mol. The Hall–Kier alpha value is -0.960. The summed E-state index contributed by atoms with van der Waals surface area (Å²) in [6.07, 6.45) is 1.33. The molecule has 0 bridgehead atoms. The standard InChI is InChI=1S/C13H12Cl2O2/c1-8-5-10(7-17-8)12(16)6-9-3-2-4-11(14)13(9)15/h2-5,7,12,16H,6H2,1H3. The largest absolute Gasteiger partial charge is 0.469 e. The number of hydrogen-bond acceptors (Lipinski definition) is 2. The maximum absolute atomic E-state index is 10.0. The van der Waals surface area contributed by atoms with Crippen molar-refractivity contribution in [1.82, 2.24) is 0 Å². The van der Waals surface area contributed by atoms with E-state index in [1.54, 1.807) is 12.3 Å². The van der Waals surface area contributed by atoms with Gasteiger partial charge in [-0.15, -0.1) is 0 Å². The molecule has 0 aliphatic rings. The van der Waals surface area contributed by atoms with E-state index in [1.165, 1.54) is 0 Å². The Labute approximate surface area is 110 Å². The maximum Gasteiger partial charge on any atom is 0.101 e. The van der Waals surface area contributed by atoms with Crippen molar-refractivity contribution < 1.29 is 9.52 Å². The van der Waals surface area contributed by atoms with Crippen molar-refractivity contribution in [3.8, 4) is 0 Å². The molecule has 0 spiro atoms. The zero-order valence-electron chi connectivity index (χ0n) is 9.28. The number of furan rings is 1. The summed E-state index contributed by atoms with van der Waals surface area (Å²) in [6.45, 7) is 1.84. The first kappa shape index (κ1) is 12.5. The Morgan fingerprint density at radius 2 is 2.12 bits per heavy atom. The Kier molecular flexibility index (Phi) is 3.77. The highest BCUT2D eigenvalue weighted by atomic mass is 35.5. The molecule has 0 aliphatic heterocycles. The zero-order chi connectivity index (χ0) is 12.4. The molecular formula is C13H12Cl2O2. The van der Waals surface area contributed by atoms with Crippen molar-refractivity contribution in [2.45, 2.75) is 19.4 Å². The fraction of sp³-hybridized carbons (Fsp3) is 0.231. The average Bonchev–Trinajstić information content (AvgIpc) is 2.72. The quantitative estimate of drug-likeness (QED) is 0.908. The number of aliphatic hydroxyl groups is 1. The van der Waals surface area contributed by atoms with Crippen LogP contribution in [0.5, 0.6) is 0 Å². The molecule has 0 saturated heterocycles. The molecule has 2 rings (SSSR count). The van der Waals surface area contributed by atoms with Crippen molar-refractivity contribution in [3.05, 3.63) is 57.5 Å². The number of aliphatic hydroxyl groups excluding tert-OH is 1. The van der Waals surface area contributed by atoms with Crippen LogP contribution in [0.4, 0.5) is 0 Å².